The first-order valence-corrected chi connectivity index (χ1v) is 7.25. The molecule has 1 unspecified atom stereocenters. The lowest BCUT2D eigenvalue weighted by molar-refractivity contribution is -0.0615. The van der Waals surface area contributed by atoms with E-state index in [0.717, 1.165) is 19.0 Å². The van der Waals surface area contributed by atoms with Gasteiger partial charge in [0.2, 0.25) is 0 Å². The summed E-state index contributed by atoms with van der Waals surface area (Å²) < 4.78 is 19.0. The summed E-state index contributed by atoms with van der Waals surface area (Å²) >= 11 is 0. The Morgan fingerprint density at radius 3 is 3.00 bits per heavy atom. The summed E-state index contributed by atoms with van der Waals surface area (Å²) in [6.45, 7) is 7.12. The first kappa shape index (κ1) is 15.7. The van der Waals surface area contributed by atoms with Crippen LogP contribution in [-0.4, -0.2) is 35.7 Å². The summed E-state index contributed by atoms with van der Waals surface area (Å²) in [7, 11) is 0. The van der Waals surface area contributed by atoms with Crippen molar-refractivity contribution in [1.29, 1.82) is 0 Å². The SMILES string of the molecule is CCNc1ncc(F)cc1C(=O)NC1CCOC(C)(C)C1. The zero-order chi connectivity index (χ0) is 15.5. The smallest absolute Gasteiger partial charge is 0.255 e. The van der Waals surface area contributed by atoms with Crippen molar-refractivity contribution in [3.8, 4) is 0 Å². The number of ether oxygens (including phenoxy) is 1. The van der Waals surface area contributed by atoms with Crippen LogP contribution in [0.3, 0.4) is 0 Å². The summed E-state index contributed by atoms with van der Waals surface area (Å²) in [4.78, 5) is 16.3. The molecule has 1 atom stereocenters. The number of anilines is 1. The number of aromatic nitrogens is 1. The minimum absolute atomic E-state index is 0.0268. The number of carbonyl (C=O) groups is 1. The standard InChI is InChI=1S/C15H22FN3O2/c1-4-17-13-12(7-10(16)9-18-13)14(20)19-11-5-6-21-15(2,3)8-11/h7,9,11H,4-6,8H2,1-3H3,(H,17,18)(H,19,20). The third-order valence-corrected chi connectivity index (χ3v) is 3.48. The minimum Gasteiger partial charge on any atom is -0.375 e. The number of rotatable bonds is 4. The molecule has 0 aliphatic carbocycles. The van der Waals surface area contributed by atoms with E-state index in [9.17, 15) is 9.18 Å². The highest BCUT2D eigenvalue weighted by molar-refractivity contribution is 5.98. The first-order valence-electron chi connectivity index (χ1n) is 7.25. The molecule has 1 aliphatic heterocycles. The van der Waals surface area contributed by atoms with Gasteiger partial charge in [-0.25, -0.2) is 9.37 Å². The average Bonchev–Trinajstić information content (AvgIpc) is 2.40. The van der Waals surface area contributed by atoms with E-state index in [0.29, 0.717) is 19.0 Å². The Labute approximate surface area is 124 Å². The van der Waals surface area contributed by atoms with Crippen molar-refractivity contribution in [2.75, 3.05) is 18.5 Å². The van der Waals surface area contributed by atoms with E-state index in [2.05, 4.69) is 15.6 Å². The van der Waals surface area contributed by atoms with Crippen molar-refractivity contribution >= 4 is 11.7 Å². The number of amides is 1. The van der Waals surface area contributed by atoms with E-state index in [-0.39, 0.29) is 23.1 Å². The highest BCUT2D eigenvalue weighted by Gasteiger charge is 2.30. The van der Waals surface area contributed by atoms with Crippen LogP contribution in [0.2, 0.25) is 0 Å². The first-order chi connectivity index (χ1) is 9.91. The molecular weight excluding hydrogens is 273 g/mol. The maximum absolute atomic E-state index is 13.4. The maximum atomic E-state index is 13.4. The van der Waals surface area contributed by atoms with Gasteiger partial charge < -0.3 is 15.4 Å². The summed E-state index contributed by atoms with van der Waals surface area (Å²) in [5, 5.41) is 5.93. The molecule has 5 nitrogen and oxygen atoms in total. The van der Waals surface area contributed by atoms with Gasteiger partial charge in [0, 0.05) is 19.2 Å². The fourth-order valence-electron chi connectivity index (χ4n) is 2.54. The van der Waals surface area contributed by atoms with Crippen molar-refractivity contribution in [2.45, 2.75) is 45.3 Å². The second kappa shape index (κ2) is 6.39. The van der Waals surface area contributed by atoms with Crippen LogP contribution in [0.5, 0.6) is 0 Å². The number of nitrogens with zero attached hydrogens (tertiary/aromatic N) is 1. The molecule has 0 bridgehead atoms. The highest BCUT2D eigenvalue weighted by atomic mass is 19.1. The number of hydrogen-bond donors (Lipinski definition) is 2. The van der Waals surface area contributed by atoms with Gasteiger partial charge in [-0.1, -0.05) is 0 Å². The molecule has 1 aromatic rings. The van der Waals surface area contributed by atoms with Crippen molar-refractivity contribution in [2.24, 2.45) is 0 Å². The molecule has 0 spiro atoms. The number of carbonyl (C=O) groups excluding carboxylic acids is 1. The number of halogens is 1. The molecule has 116 valence electrons. The van der Waals surface area contributed by atoms with E-state index in [1.54, 1.807) is 0 Å². The van der Waals surface area contributed by atoms with Gasteiger partial charge in [0.25, 0.3) is 5.91 Å². The van der Waals surface area contributed by atoms with Gasteiger partial charge in [-0.15, -0.1) is 0 Å². The Kier molecular flexibility index (Phi) is 4.77. The van der Waals surface area contributed by atoms with E-state index < -0.39 is 5.82 Å². The number of pyridine rings is 1. The third-order valence-electron chi connectivity index (χ3n) is 3.48. The average molecular weight is 295 g/mol. The van der Waals surface area contributed by atoms with Gasteiger partial charge in [-0.05, 0) is 39.7 Å². The Bertz CT molecular complexity index is 520. The van der Waals surface area contributed by atoms with Gasteiger partial charge in [-0.3, -0.25) is 4.79 Å². The Morgan fingerprint density at radius 2 is 2.33 bits per heavy atom. The quantitative estimate of drug-likeness (QED) is 0.895. The Morgan fingerprint density at radius 1 is 1.57 bits per heavy atom. The van der Waals surface area contributed by atoms with Crippen LogP contribution in [-0.2, 0) is 4.74 Å². The normalized spacial score (nSPS) is 20.9. The van der Waals surface area contributed by atoms with Crippen LogP contribution in [0.4, 0.5) is 10.2 Å². The molecule has 0 aromatic carbocycles. The van der Waals surface area contributed by atoms with Gasteiger partial charge >= 0.3 is 0 Å². The van der Waals surface area contributed by atoms with Crippen molar-refractivity contribution in [1.82, 2.24) is 10.3 Å². The summed E-state index contributed by atoms with van der Waals surface area (Å²) in [6, 6.07) is 1.24. The lowest BCUT2D eigenvalue weighted by atomic mass is 9.94. The molecule has 0 radical (unpaired) electrons. The maximum Gasteiger partial charge on any atom is 0.255 e. The fourth-order valence-corrected chi connectivity index (χ4v) is 2.54. The molecule has 2 N–H and O–H groups in total. The molecule has 21 heavy (non-hydrogen) atoms. The van der Waals surface area contributed by atoms with E-state index >= 15 is 0 Å². The summed E-state index contributed by atoms with van der Waals surface area (Å²) in [5.41, 5.74) is -0.0119. The van der Waals surface area contributed by atoms with Gasteiger partial charge in [0.15, 0.2) is 0 Å². The zero-order valence-electron chi connectivity index (χ0n) is 12.7. The van der Waals surface area contributed by atoms with Crippen LogP contribution < -0.4 is 10.6 Å². The second-order valence-electron chi connectivity index (χ2n) is 5.85. The van der Waals surface area contributed by atoms with Gasteiger partial charge in [0.1, 0.15) is 11.6 Å². The predicted octanol–water partition coefficient (Wildman–Crippen LogP) is 2.34. The van der Waals surface area contributed by atoms with Crippen molar-refractivity contribution in [3.05, 3.63) is 23.6 Å². The Hall–Kier alpha value is -1.69. The lowest BCUT2D eigenvalue weighted by Gasteiger charge is -2.35. The molecule has 1 saturated heterocycles. The predicted molar refractivity (Wildman–Crippen MR) is 78.9 cm³/mol. The topological polar surface area (TPSA) is 63.2 Å². The van der Waals surface area contributed by atoms with Crippen LogP contribution in [0.1, 0.15) is 44.0 Å². The number of hydrogen-bond acceptors (Lipinski definition) is 4. The highest BCUT2D eigenvalue weighted by Crippen LogP contribution is 2.24. The second-order valence-corrected chi connectivity index (χ2v) is 5.85. The number of nitrogens with one attached hydrogen (secondary N) is 2. The third kappa shape index (κ3) is 4.14. The Balaban J connectivity index is 2.11. The monoisotopic (exact) mass is 295 g/mol. The van der Waals surface area contributed by atoms with Crippen molar-refractivity contribution in [3.63, 3.8) is 0 Å². The van der Waals surface area contributed by atoms with Crippen molar-refractivity contribution < 1.29 is 13.9 Å². The molecule has 1 fully saturated rings. The molecule has 2 rings (SSSR count). The van der Waals surface area contributed by atoms with Crippen LogP contribution in [0.25, 0.3) is 0 Å². The molecule has 1 aliphatic rings. The molecule has 1 amide bonds. The van der Waals surface area contributed by atoms with Gasteiger partial charge in [-0.2, -0.15) is 0 Å². The molecule has 2 heterocycles. The van der Waals surface area contributed by atoms with Gasteiger partial charge in [0.05, 0.1) is 17.4 Å². The molecular formula is C15H22FN3O2. The molecule has 6 heteroatoms. The van der Waals surface area contributed by atoms with E-state index in [1.165, 1.54) is 6.07 Å². The summed E-state index contributed by atoms with van der Waals surface area (Å²) in [6.07, 6.45) is 2.60. The minimum atomic E-state index is -0.519. The largest absolute Gasteiger partial charge is 0.375 e. The van der Waals surface area contributed by atoms with Crippen LogP contribution >= 0.6 is 0 Å². The van der Waals surface area contributed by atoms with E-state index in [4.69, 9.17) is 4.74 Å². The fraction of sp³-hybridized carbons (Fsp3) is 0.600. The molecule has 0 saturated carbocycles. The summed E-state index contributed by atoms with van der Waals surface area (Å²) in [5.74, 6) is -0.419. The molecule has 1 aromatic heterocycles. The zero-order valence-corrected chi connectivity index (χ0v) is 12.7. The van der Waals surface area contributed by atoms with E-state index in [1.807, 2.05) is 20.8 Å². The van der Waals surface area contributed by atoms with Crippen LogP contribution in [0, 0.1) is 5.82 Å². The van der Waals surface area contributed by atoms with Crippen LogP contribution in [0.15, 0.2) is 12.3 Å². The lowest BCUT2D eigenvalue weighted by Crippen LogP contribution is -2.46.